The van der Waals surface area contributed by atoms with E-state index >= 15 is 0 Å². The molecule has 2 fully saturated rings. The second-order valence-corrected chi connectivity index (χ2v) is 8.64. The predicted molar refractivity (Wildman–Crippen MR) is 119 cm³/mol. The molecule has 2 saturated heterocycles. The lowest BCUT2D eigenvalue weighted by Crippen LogP contribution is -2.51. The SMILES string of the molecule is CCNC(=NCC1CCN(C)CC1)NC1CCN(Cc2ccccc2)C(C)C1. The molecular formula is C23H39N5. The van der Waals surface area contributed by atoms with Crippen LogP contribution < -0.4 is 10.6 Å². The van der Waals surface area contributed by atoms with Gasteiger partial charge < -0.3 is 15.5 Å². The van der Waals surface area contributed by atoms with Crippen molar-refractivity contribution in [1.29, 1.82) is 0 Å². The molecule has 1 aromatic carbocycles. The number of hydrogen-bond donors (Lipinski definition) is 2. The Morgan fingerprint density at radius 3 is 2.54 bits per heavy atom. The third kappa shape index (κ3) is 6.49. The van der Waals surface area contributed by atoms with Crippen molar-refractivity contribution in [1.82, 2.24) is 20.4 Å². The molecule has 0 saturated carbocycles. The number of nitrogens with zero attached hydrogens (tertiary/aromatic N) is 3. The summed E-state index contributed by atoms with van der Waals surface area (Å²) in [5.41, 5.74) is 1.41. The highest BCUT2D eigenvalue weighted by Crippen LogP contribution is 2.20. The highest BCUT2D eigenvalue weighted by Gasteiger charge is 2.26. The van der Waals surface area contributed by atoms with Crippen LogP contribution in [0.2, 0.25) is 0 Å². The van der Waals surface area contributed by atoms with Gasteiger partial charge in [0.05, 0.1) is 0 Å². The third-order valence-corrected chi connectivity index (χ3v) is 6.27. The molecule has 2 N–H and O–H groups in total. The molecule has 28 heavy (non-hydrogen) atoms. The number of likely N-dealkylation sites (tertiary alicyclic amines) is 2. The van der Waals surface area contributed by atoms with Crippen LogP contribution in [0.1, 0.15) is 45.1 Å². The Labute approximate surface area is 171 Å². The van der Waals surface area contributed by atoms with E-state index in [0.717, 1.165) is 38.1 Å². The molecule has 0 radical (unpaired) electrons. The van der Waals surface area contributed by atoms with Gasteiger partial charge in [0.15, 0.2) is 5.96 Å². The van der Waals surface area contributed by atoms with Crippen molar-refractivity contribution in [2.75, 3.05) is 39.8 Å². The average Bonchev–Trinajstić information content (AvgIpc) is 2.70. The fourth-order valence-corrected chi connectivity index (χ4v) is 4.38. The van der Waals surface area contributed by atoms with Crippen LogP contribution in [0, 0.1) is 5.92 Å². The van der Waals surface area contributed by atoms with Gasteiger partial charge in [0, 0.05) is 38.3 Å². The van der Waals surface area contributed by atoms with Gasteiger partial charge in [-0.05, 0) is 71.1 Å². The van der Waals surface area contributed by atoms with Crippen LogP contribution in [0.15, 0.2) is 35.3 Å². The van der Waals surface area contributed by atoms with Crippen molar-refractivity contribution in [3.8, 4) is 0 Å². The first kappa shape index (κ1) is 21.1. The van der Waals surface area contributed by atoms with E-state index in [2.05, 4.69) is 71.7 Å². The zero-order valence-corrected chi connectivity index (χ0v) is 18.0. The monoisotopic (exact) mass is 385 g/mol. The zero-order valence-electron chi connectivity index (χ0n) is 18.0. The van der Waals surface area contributed by atoms with Gasteiger partial charge in [-0.3, -0.25) is 9.89 Å². The normalized spacial score (nSPS) is 25.6. The third-order valence-electron chi connectivity index (χ3n) is 6.27. The minimum atomic E-state index is 0.511. The van der Waals surface area contributed by atoms with Gasteiger partial charge in [-0.15, -0.1) is 0 Å². The molecule has 5 nitrogen and oxygen atoms in total. The standard InChI is InChI=1S/C23H39N5/c1-4-24-23(25-17-20-10-13-27(3)14-11-20)26-22-12-15-28(19(2)16-22)18-21-8-6-5-7-9-21/h5-9,19-20,22H,4,10-18H2,1-3H3,(H2,24,25,26). The highest BCUT2D eigenvalue weighted by atomic mass is 15.2. The number of hydrogen-bond acceptors (Lipinski definition) is 3. The lowest BCUT2D eigenvalue weighted by Gasteiger charge is -2.38. The summed E-state index contributed by atoms with van der Waals surface area (Å²) in [4.78, 5) is 9.96. The molecule has 5 heteroatoms. The van der Waals surface area contributed by atoms with Gasteiger partial charge in [-0.1, -0.05) is 30.3 Å². The lowest BCUT2D eigenvalue weighted by molar-refractivity contribution is 0.134. The molecule has 0 amide bonds. The number of piperidine rings is 2. The largest absolute Gasteiger partial charge is 0.357 e. The van der Waals surface area contributed by atoms with Crippen LogP contribution in [-0.4, -0.2) is 67.6 Å². The number of aliphatic imine (C=N–C) groups is 1. The summed E-state index contributed by atoms with van der Waals surface area (Å²) >= 11 is 0. The number of benzene rings is 1. The molecule has 0 aliphatic carbocycles. The van der Waals surface area contributed by atoms with Crippen LogP contribution in [0.5, 0.6) is 0 Å². The Morgan fingerprint density at radius 1 is 1.11 bits per heavy atom. The smallest absolute Gasteiger partial charge is 0.191 e. The fraction of sp³-hybridized carbons (Fsp3) is 0.696. The number of nitrogens with one attached hydrogen (secondary N) is 2. The van der Waals surface area contributed by atoms with Crippen molar-refractivity contribution in [3.63, 3.8) is 0 Å². The number of rotatable bonds is 6. The van der Waals surface area contributed by atoms with Crippen LogP contribution in [0.25, 0.3) is 0 Å². The Hall–Kier alpha value is -1.59. The summed E-state index contributed by atoms with van der Waals surface area (Å²) in [7, 11) is 2.22. The van der Waals surface area contributed by atoms with Crippen molar-refractivity contribution in [2.45, 2.75) is 58.2 Å². The second-order valence-electron chi connectivity index (χ2n) is 8.64. The summed E-state index contributed by atoms with van der Waals surface area (Å²) in [6, 6.07) is 11.9. The van der Waals surface area contributed by atoms with Crippen LogP contribution >= 0.6 is 0 Å². The van der Waals surface area contributed by atoms with E-state index in [-0.39, 0.29) is 0 Å². The minimum Gasteiger partial charge on any atom is -0.357 e. The lowest BCUT2D eigenvalue weighted by atomic mass is 9.97. The maximum Gasteiger partial charge on any atom is 0.191 e. The maximum atomic E-state index is 4.93. The van der Waals surface area contributed by atoms with E-state index in [9.17, 15) is 0 Å². The van der Waals surface area contributed by atoms with Gasteiger partial charge in [0.1, 0.15) is 0 Å². The van der Waals surface area contributed by atoms with Crippen LogP contribution in [0.3, 0.4) is 0 Å². The Kier molecular flexibility index (Phi) is 8.16. The average molecular weight is 386 g/mol. The molecule has 2 aliphatic rings. The van der Waals surface area contributed by atoms with Gasteiger partial charge in [-0.2, -0.15) is 0 Å². The van der Waals surface area contributed by atoms with Crippen molar-refractivity contribution < 1.29 is 0 Å². The van der Waals surface area contributed by atoms with E-state index in [1.807, 2.05) is 0 Å². The number of guanidine groups is 1. The first-order valence-electron chi connectivity index (χ1n) is 11.2. The highest BCUT2D eigenvalue weighted by molar-refractivity contribution is 5.80. The molecule has 0 bridgehead atoms. The van der Waals surface area contributed by atoms with E-state index in [1.165, 1.54) is 44.3 Å². The molecular weight excluding hydrogens is 346 g/mol. The summed E-state index contributed by atoms with van der Waals surface area (Å²) in [5.74, 6) is 1.74. The van der Waals surface area contributed by atoms with E-state index < -0.39 is 0 Å². The van der Waals surface area contributed by atoms with Crippen LogP contribution in [0.4, 0.5) is 0 Å². The molecule has 0 aromatic heterocycles. The summed E-state index contributed by atoms with van der Waals surface area (Å²) in [5, 5.41) is 7.18. The van der Waals surface area contributed by atoms with E-state index in [1.54, 1.807) is 0 Å². The fourth-order valence-electron chi connectivity index (χ4n) is 4.38. The van der Waals surface area contributed by atoms with E-state index in [4.69, 9.17) is 4.99 Å². The Bertz CT molecular complexity index is 594. The Morgan fingerprint density at radius 2 is 1.86 bits per heavy atom. The topological polar surface area (TPSA) is 42.9 Å². The zero-order chi connectivity index (χ0) is 19.8. The molecule has 156 valence electrons. The molecule has 1 aromatic rings. The first-order chi connectivity index (χ1) is 13.6. The molecule has 2 atom stereocenters. The van der Waals surface area contributed by atoms with Gasteiger partial charge in [0.25, 0.3) is 0 Å². The van der Waals surface area contributed by atoms with Gasteiger partial charge >= 0.3 is 0 Å². The minimum absolute atomic E-state index is 0.511. The predicted octanol–water partition coefficient (Wildman–Crippen LogP) is 2.94. The van der Waals surface area contributed by atoms with Gasteiger partial charge in [-0.25, -0.2) is 0 Å². The summed E-state index contributed by atoms with van der Waals surface area (Å²) in [6.45, 7) is 11.0. The molecule has 2 heterocycles. The molecule has 0 spiro atoms. The summed E-state index contributed by atoms with van der Waals surface area (Å²) in [6.07, 6.45) is 4.89. The molecule has 2 unspecified atom stereocenters. The quantitative estimate of drug-likeness (QED) is 0.584. The maximum absolute atomic E-state index is 4.93. The van der Waals surface area contributed by atoms with Crippen molar-refractivity contribution in [3.05, 3.63) is 35.9 Å². The first-order valence-corrected chi connectivity index (χ1v) is 11.2. The van der Waals surface area contributed by atoms with Gasteiger partial charge in [0.2, 0.25) is 0 Å². The van der Waals surface area contributed by atoms with E-state index in [0.29, 0.717) is 12.1 Å². The summed E-state index contributed by atoms with van der Waals surface area (Å²) < 4.78 is 0. The van der Waals surface area contributed by atoms with Crippen molar-refractivity contribution in [2.24, 2.45) is 10.9 Å². The van der Waals surface area contributed by atoms with Crippen molar-refractivity contribution >= 4 is 5.96 Å². The Balaban J connectivity index is 1.48. The molecule has 2 aliphatic heterocycles. The second kappa shape index (κ2) is 10.8. The van der Waals surface area contributed by atoms with Crippen LogP contribution in [-0.2, 0) is 6.54 Å². The molecule has 3 rings (SSSR count).